The third-order valence-corrected chi connectivity index (χ3v) is 6.46. The van der Waals surface area contributed by atoms with Crippen molar-refractivity contribution in [3.63, 3.8) is 0 Å². The Morgan fingerprint density at radius 3 is 2.48 bits per heavy atom. The van der Waals surface area contributed by atoms with E-state index in [1.807, 2.05) is 0 Å². The first-order chi connectivity index (χ1) is 15.6. The molecule has 6 N–H and O–H groups in total. The van der Waals surface area contributed by atoms with E-state index in [1.165, 1.54) is 30.5 Å². The van der Waals surface area contributed by atoms with Crippen molar-refractivity contribution in [3.8, 4) is 5.75 Å². The van der Waals surface area contributed by atoms with Gasteiger partial charge >= 0.3 is 5.97 Å². The molecule has 0 aromatic heterocycles. The summed E-state index contributed by atoms with van der Waals surface area (Å²) >= 11 is 0. The Kier molecular flexibility index (Phi) is 6.65. The average Bonchev–Trinajstić information content (AvgIpc) is 3.05. The monoisotopic (exact) mass is 468 g/mol. The summed E-state index contributed by atoms with van der Waals surface area (Å²) in [5.41, 5.74) is -1.16. The number of rotatable bonds is 5. The molecule has 182 valence electrons. The van der Waals surface area contributed by atoms with Gasteiger partial charge in [-0.2, -0.15) is 0 Å². The molecular weight excluding hydrogens is 440 g/mol. The fraction of sp³-hybridized carbons (Fsp3) is 0.591. The van der Waals surface area contributed by atoms with Gasteiger partial charge in [0.15, 0.2) is 6.29 Å². The quantitative estimate of drug-likeness (QED) is 0.292. The number of carbonyl (C=O) groups excluding carboxylic acids is 1. The lowest BCUT2D eigenvalue weighted by molar-refractivity contribution is -0.346. The SMILES string of the molecule is C[C@]1(O)CC(OC(=O)c2ccc(O)cc2)[C@@H]2C=CO[C@@H](O[C@@H]3O[C@H](CO)[C@@H](O)[C@H](O)[C@H]3O)[C@@H]21. The highest BCUT2D eigenvalue weighted by Crippen LogP contribution is 2.48. The second-order valence-electron chi connectivity index (χ2n) is 8.82. The van der Waals surface area contributed by atoms with Crippen LogP contribution in [0, 0.1) is 11.8 Å². The Morgan fingerprint density at radius 2 is 1.82 bits per heavy atom. The molecule has 0 spiro atoms. The fourth-order valence-corrected chi connectivity index (χ4v) is 4.69. The molecule has 33 heavy (non-hydrogen) atoms. The zero-order chi connectivity index (χ0) is 23.9. The van der Waals surface area contributed by atoms with Gasteiger partial charge in [0, 0.05) is 12.3 Å². The van der Waals surface area contributed by atoms with Gasteiger partial charge in [0.2, 0.25) is 6.29 Å². The van der Waals surface area contributed by atoms with Gasteiger partial charge in [-0.1, -0.05) is 0 Å². The van der Waals surface area contributed by atoms with Crippen LogP contribution in [0.5, 0.6) is 5.75 Å². The van der Waals surface area contributed by atoms with Crippen LogP contribution >= 0.6 is 0 Å². The maximum atomic E-state index is 12.6. The van der Waals surface area contributed by atoms with Gasteiger partial charge in [0.1, 0.15) is 36.3 Å². The number of hydrogen-bond acceptors (Lipinski definition) is 11. The van der Waals surface area contributed by atoms with Gasteiger partial charge in [-0.15, -0.1) is 0 Å². The van der Waals surface area contributed by atoms with Crippen LogP contribution in [0.1, 0.15) is 23.7 Å². The Bertz CT molecular complexity index is 868. The van der Waals surface area contributed by atoms with E-state index < -0.39 is 73.1 Å². The van der Waals surface area contributed by atoms with Crippen molar-refractivity contribution in [2.24, 2.45) is 11.8 Å². The fourth-order valence-electron chi connectivity index (χ4n) is 4.69. The van der Waals surface area contributed by atoms with Gasteiger partial charge < -0.3 is 49.6 Å². The highest BCUT2D eigenvalue weighted by Gasteiger charge is 2.58. The van der Waals surface area contributed by atoms with E-state index in [0.717, 1.165) is 0 Å². The van der Waals surface area contributed by atoms with Crippen molar-refractivity contribution in [1.29, 1.82) is 0 Å². The zero-order valence-corrected chi connectivity index (χ0v) is 17.8. The summed E-state index contributed by atoms with van der Waals surface area (Å²) in [7, 11) is 0. The maximum absolute atomic E-state index is 12.6. The number of carbonyl (C=O) groups is 1. The second kappa shape index (κ2) is 9.18. The topological polar surface area (TPSA) is 175 Å². The van der Waals surface area contributed by atoms with Crippen molar-refractivity contribution in [3.05, 3.63) is 42.2 Å². The number of phenols is 1. The molecule has 1 saturated carbocycles. The summed E-state index contributed by atoms with van der Waals surface area (Å²) in [6.45, 7) is 0.931. The van der Waals surface area contributed by atoms with Gasteiger partial charge in [0.25, 0.3) is 0 Å². The first-order valence-corrected chi connectivity index (χ1v) is 10.6. The summed E-state index contributed by atoms with van der Waals surface area (Å²) in [6.07, 6.45) is -6.21. The molecule has 2 aliphatic heterocycles. The summed E-state index contributed by atoms with van der Waals surface area (Å²) in [5.74, 6) is -1.84. The highest BCUT2D eigenvalue weighted by molar-refractivity contribution is 5.89. The van der Waals surface area contributed by atoms with Crippen molar-refractivity contribution in [2.75, 3.05) is 6.61 Å². The van der Waals surface area contributed by atoms with E-state index in [9.17, 15) is 35.4 Å². The normalized spacial score (nSPS) is 42.4. The predicted molar refractivity (Wildman–Crippen MR) is 108 cm³/mol. The molecule has 2 heterocycles. The molecule has 0 radical (unpaired) electrons. The summed E-state index contributed by atoms with van der Waals surface area (Å²) < 4.78 is 22.3. The minimum atomic E-state index is -1.63. The Morgan fingerprint density at radius 1 is 1.12 bits per heavy atom. The molecule has 1 aliphatic carbocycles. The van der Waals surface area contributed by atoms with Crippen LogP contribution in [-0.4, -0.2) is 91.9 Å². The summed E-state index contributed by atoms with van der Waals surface area (Å²) in [6, 6.07) is 5.58. The molecule has 1 saturated heterocycles. The number of hydrogen-bond donors (Lipinski definition) is 6. The average molecular weight is 468 g/mol. The van der Waals surface area contributed by atoms with Crippen LogP contribution < -0.4 is 0 Å². The van der Waals surface area contributed by atoms with Crippen molar-refractivity contribution >= 4 is 5.97 Å². The van der Waals surface area contributed by atoms with Crippen LogP contribution in [0.25, 0.3) is 0 Å². The van der Waals surface area contributed by atoms with E-state index in [1.54, 1.807) is 13.0 Å². The van der Waals surface area contributed by atoms with E-state index in [4.69, 9.17) is 18.9 Å². The third kappa shape index (κ3) is 4.58. The molecule has 10 atom stereocenters. The standard InChI is InChI=1S/C22H28O11/c1-22(29)8-13(31-19(28)10-2-4-11(24)5-3-10)12-6-7-30-20(15(12)22)33-21-18(27)17(26)16(25)14(9-23)32-21/h2-7,12-18,20-21,23-27,29H,8-9H2,1H3/t12-,13?,14+,15+,16+,17-,18+,20-,21-,22-/m0/s1. The van der Waals surface area contributed by atoms with Crippen molar-refractivity contribution in [1.82, 2.24) is 0 Å². The van der Waals surface area contributed by atoms with Gasteiger partial charge in [-0.3, -0.25) is 0 Å². The molecular formula is C22H28O11. The first kappa shape index (κ1) is 23.9. The van der Waals surface area contributed by atoms with E-state index >= 15 is 0 Å². The van der Waals surface area contributed by atoms with E-state index in [-0.39, 0.29) is 17.7 Å². The lowest BCUT2D eigenvalue weighted by Crippen LogP contribution is -2.60. The van der Waals surface area contributed by atoms with Crippen LogP contribution in [0.2, 0.25) is 0 Å². The molecule has 4 rings (SSSR count). The molecule has 1 unspecified atom stereocenters. The molecule has 0 bridgehead atoms. The van der Waals surface area contributed by atoms with Gasteiger partial charge in [0.05, 0.1) is 30.0 Å². The Balaban J connectivity index is 1.49. The van der Waals surface area contributed by atoms with Crippen LogP contribution in [0.4, 0.5) is 0 Å². The minimum absolute atomic E-state index is 0.0101. The molecule has 0 amide bonds. The van der Waals surface area contributed by atoms with E-state index in [0.29, 0.717) is 0 Å². The number of aromatic hydroxyl groups is 1. The summed E-state index contributed by atoms with van der Waals surface area (Å²) in [5, 5.41) is 60.1. The van der Waals surface area contributed by atoms with Crippen LogP contribution in [0.15, 0.2) is 36.6 Å². The Hall–Kier alpha value is -2.25. The Labute approximate surface area is 189 Å². The molecule has 11 nitrogen and oxygen atoms in total. The first-order valence-electron chi connectivity index (χ1n) is 10.6. The summed E-state index contributed by atoms with van der Waals surface area (Å²) in [4.78, 5) is 12.6. The lowest BCUT2D eigenvalue weighted by Gasteiger charge is -2.43. The molecule has 3 aliphatic rings. The predicted octanol–water partition coefficient (Wildman–Crippen LogP) is -1.01. The lowest BCUT2D eigenvalue weighted by atomic mass is 9.85. The van der Waals surface area contributed by atoms with Crippen LogP contribution in [0.3, 0.4) is 0 Å². The van der Waals surface area contributed by atoms with Crippen LogP contribution in [-0.2, 0) is 18.9 Å². The number of ether oxygens (including phenoxy) is 4. The highest BCUT2D eigenvalue weighted by atomic mass is 16.8. The van der Waals surface area contributed by atoms with Gasteiger partial charge in [-0.05, 0) is 37.3 Å². The van der Waals surface area contributed by atoms with E-state index in [2.05, 4.69) is 0 Å². The smallest absolute Gasteiger partial charge is 0.338 e. The number of aliphatic hydroxyl groups is 5. The third-order valence-electron chi connectivity index (χ3n) is 6.46. The zero-order valence-electron chi connectivity index (χ0n) is 17.8. The molecule has 2 fully saturated rings. The molecule has 1 aromatic rings. The van der Waals surface area contributed by atoms with Crippen molar-refractivity contribution < 1.29 is 54.4 Å². The minimum Gasteiger partial charge on any atom is -0.508 e. The molecule has 1 aromatic carbocycles. The number of fused-ring (bicyclic) bond motifs is 1. The largest absolute Gasteiger partial charge is 0.508 e. The number of benzene rings is 1. The number of phenolic OH excluding ortho intramolecular Hbond substituents is 1. The van der Waals surface area contributed by atoms with Crippen molar-refractivity contribution in [2.45, 2.75) is 62.0 Å². The molecule has 11 heteroatoms. The maximum Gasteiger partial charge on any atom is 0.338 e. The van der Waals surface area contributed by atoms with Gasteiger partial charge in [-0.25, -0.2) is 4.79 Å². The second-order valence-corrected chi connectivity index (χ2v) is 8.82. The number of aliphatic hydroxyl groups excluding tert-OH is 4. The number of esters is 1.